The number of carboxylic acid groups (broad SMARTS) is 1. The lowest BCUT2D eigenvalue weighted by Gasteiger charge is -2.16. The number of H-pyrrole nitrogens is 1. The van der Waals surface area contributed by atoms with Crippen molar-refractivity contribution in [3.63, 3.8) is 0 Å². The SMILES string of the molecule is Cc1[nH]c(=O)sc1S(=O)(=O)N[C@@H](CC(C)C)C(=O)O. The number of hydrogen-bond donors (Lipinski definition) is 3. The number of carbonyl (C=O) groups is 1. The Balaban J connectivity index is 3.04. The van der Waals surface area contributed by atoms with E-state index >= 15 is 0 Å². The molecule has 0 radical (unpaired) electrons. The average Bonchev–Trinajstić information content (AvgIpc) is 2.56. The van der Waals surface area contributed by atoms with Crippen LogP contribution in [0.5, 0.6) is 0 Å². The molecule has 7 nitrogen and oxygen atoms in total. The monoisotopic (exact) mass is 308 g/mol. The Bertz CT molecular complexity index is 614. The maximum absolute atomic E-state index is 12.0. The molecular formula is C10H16N2O5S2. The molecule has 0 spiro atoms. The molecule has 0 aliphatic carbocycles. The third-order valence-corrected chi connectivity index (χ3v) is 5.40. The van der Waals surface area contributed by atoms with Gasteiger partial charge in [0.2, 0.25) is 0 Å². The lowest BCUT2D eigenvalue weighted by atomic mass is 10.1. The number of thiazole rings is 1. The largest absolute Gasteiger partial charge is 0.480 e. The van der Waals surface area contributed by atoms with Gasteiger partial charge in [-0.2, -0.15) is 4.72 Å². The molecule has 108 valence electrons. The fraction of sp³-hybridized carbons (Fsp3) is 0.600. The van der Waals surface area contributed by atoms with Gasteiger partial charge < -0.3 is 10.1 Å². The second kappa shape index (κ2) is 5.85. The highest BCUT2D eigenvalue weighted by atomic mass is 32.2. The minimum absolute atomic E-state index is 0.0230. The Hall–Kier alpha value is -1.19. The van der Waals surface area contributed by atoms with E-state index in [1.807, 2.05) is 0 Å². The van der Waals surface area contributed by atoms with Gasteiger partial charge in [0.25, 0.3) is 10.0 Å². The third-order valence-electron chi connectivity index (χ3n) is 2.33. The molecule has 1 rings (SSSR count). The molecule has 0 saturated carbocycles. The van der Waals surface area contributed by atoms with E-state index < -0.39 is 26.9 Å². The Kier molecular flexibility index (Phi) is 4.88. The molecule has 1 aromatic heterocycles. The van der Waals surface area contributed by atoms with Crippen LogP contribution in [0.3, 0.4) is 0 Å². The van der Waals surface area contributed by atoms with Gasteiger partial charge in [-0.3, -0.25) is 9.59 Å². The first kappa shape index (κ1) is 15.9. The van der Waals surface area contributed by atoms with E-state index in [2.05, 4.69) is 9.71 Å². The number of nitrogens with one attached hydrogen (secondary N) is 2. The van der Waals surface area contributed by atoms with Crippen LogP contribution in [0.15, 0.2) is 9.00 Å². The number of sulfonamides is 1. The molecule has 1 heterocycles. The second-order valence-electron chi connectivity index (χ2n) is 4.57. The molecule has 0 unspecified atom stereocenters. The van der Waals surface area contributed by atoms with Gasteiger partial charge in [-0.15, -0.1) is 0 Å². The maximum Gasteiger partial charge on any atom is 0.321 e. The summed E-state index contributed by atoms with van der Waals surface area (Å²) < 4.78 is 26.0. The molecule has 0 fully saturated rings. The van der Waals surface area contributed by atoms with Crippen LogP contribution >= 0.6 is 11.3 Å². The van der Waals surface area contributed by atoms with Gasteiger partial charge in [0.15, 0.2) is 4.21 Å². The Morgan fingerprint density at radius 1 is 1.47 bits per heavy atom. The van der Waals surface area contributed by atoms with Crippen molar-refractivity contribution in [3.8, 4) is 0 Å². The summed E-state index contributed by atoms with van der Waals surface area (Å²) in [6.07, 6.45) is 0.174. The molecule has 0 aromatic carbocycles. The molecule has 1 atom stereocenters. The van der Waals surface area contributed by atoms with E-state index in [1.165, 1.54) is 6.92 Å². The minimum Gasteiger partial charge on any atom is -0.480 e. The fourth-order valence-electron chi connectivity index (χ4n) is 1.56. The number of aromatic nitrogens is 1. The minimum atomic E-state index is -4.00. The van der Waals surface area contributed by atoms with E-state index in [9.17, 15) is 18.0 Å². The molecule has 9 heteroatoms. The number of carboxylic acids is 1. The normalized spacial score (nSPS) is 13.7. The van der Waals surface area contributed by atoms with Gasteiger partial charge in [0, 0.05) is 5.69 Å². The molecule has 0 amide bonds. The van der Waals surface area contributed by atoms with Crippen LogP contribution in [0.2, 0.25) is 0 Å². The maximum atomic E-state index is 12.0. The lowest BCUT2D eigenvalue weighted by molar-refractivity contribution is -0.139. The summed E-state index contributed by atoms with van der Waals surface area (Å²) in [6.45, 7) is 5.04. The van der Waals surface area contributed by atoms with Gasteiger partial charge >= 0.3 is 10.8 Å². The van der Waals surface area contributed by atoms with E-state index in [-0.39, 0.29) is 22.2 Å². The summed E-state index contributed by atoms with van der Waals surface area (Å²) in [5.74, 6) is -1.22. The van der Waals surface area contributed by atoms with Crippen LogP contribution in [0.4, 0.5) is 0 Å². The topological polar surface area (TPSA) is 116 Å². The molecule has 1 aromatic rings. The predicted molar refractivity (Wildman–Crippen MR) is 70.9 cm³/mol. The summed E-state index contributed by atoms with van der Waals surface area (Å²) in [7, 11) is -4.00. The van der Waals surface area contributed by atoms with Crippen molar-refractivity contribution in [1.82, 2.24) is 9.71 Å². The Morgan fingerprint density at radius 2 is 2.05 bits per heavy atom. The van der Waals surface area contributed by atoms with Crippen molar-refractivity contribution in [1.29, 1.82) is 0 Å². The van der Waals surface area contributed by atoms with E-state index in [4.69, 9.17) is 5.11 Å². The highest BCUT2D eigenvalue weighted by Gasteiger charge is 2.28. The zero-order chi connectivity index (χ0) is 14.8. The predicted octanol–water partition coefficient (Wildman–Crippen LogP) is 0.522. The van der Waals surface area contributed by atoms with Crippen LogP contribution in [0, 0.1) is 12.8 Å². The molecule has 0 aliphatic rings. The van der Waals surface area contributed by atoms with Crippen LogP contribution in [0.25, 0.3) is 0 Å². The van der Waals surface area contributed by atoms with E-state index in [0.29, 0.717) is 11.3 Å². The van der Waals surface area contributed by atoms with Crippen molar-refractivity contribution < 1.29 is 18.3 Å². The molecule has 19 heavy (non-hydrogen) atoms. The smallest absolute Gasteiger partial charge is 0.321 e. The number of aryl methyl sites for hydroxylation is 1. The van der Waals surface area contributed by atoms with Crippen LogP contribution in [-0.4, -0.2) is 30.5 Å². The van der Waals surface area contributed by atoms with Gasteiger partial charge in [-0.25, -0.2) is 8.42 Å². The van der Waals surface area contributed by atoms with Crippen LogP contribution in [-0.2, 0) is 14.8 Å². The number of rotatable bonds is 6. The Morgan fingerprint density at radius 3 is 2.42 bits per heavy atom. The summed E-state index contributed by atoms with van der Waals surface area (Å²) in [6, 6.07) is -1.21. The fourth-order valence-corrected chi connectivity index (χ4v) is 4.08. The van der Waals surface area contributed by atoms with Gasteiger partial charge in [0.05, 0.1) is 0 Å². The van der Waals surface area contributed by atoms with Crippen LogP contribution in [0.1, 0.15) is 26.0 Å². The van der Waals surface area contributed by atoms with Gasteiger partial charge in [0.1, 0.15) is 6.04 Å². The first-order valence-corrected chi connectivity index (χ1v) is 7.88. The molecule has 3 N–H and O–H groups in total. The highest BCUT2D eigenvalue weighted by Crippen LogP contribution is 2.17. The summed E-state index contributed by atoms with van der Waals surface area (Å²) in [4.78, 5) is 24.0. The molecule has 0 bridgehead atoms. The van der Waals surface area contributed by atoms with E-state index in [0.717, 1.165) is 0 Å². The standard InChI is InChI=1S/C10H16N2O5S2/c1-5(2)4-7(8(13)14)12-19(16,17)9-6(3)11-10(15)18-9/h5,7,12H,4H2,1-3H3,(H,11,15)(H,13,14)/t7-/m0/s1. The molecule has 0 aliphatic heterocycles. The number of hydrogen-bond acceptors (Lipinski definition) is 5. The van der Waals surface area contributed by atoms with Crippen molar-refractivity contribution in [3.05, 3.63) is 15.4 Å². The first-order chi connectivity index (χ1) is 8.63. The van der Waals surface area contributed by atoms with Gasteiger partial charge in [-0.1, -0.05) is 25.2 Å². The van der Waals surface area contributed by atoms with Gasteiger partial charge in [-0.05, 0) is 19.3 Å². The van der Waals surface area contributed by atoms with Crippen molar-refractivity contribution in [2.45, 2.75) is 37.4 Å². The Labute approximate surface area is 114 Å². The van der Waals surface area contributed by atoms with Crippen molar-refractivity contribution in [2.75, 3.05) is 0 Å². The zero-order valence-corrected chi connectivity index (χ0v) is 12.4. The summed E-state index contributed by atoms with van der Waals surface area (Å²) in [5.41, 5.74) is 0.205. The average molecular weight is 308 g/mol. The van der Waals surface area contributed by atoms with Crippen molar-refractivity contribution in [2.24, 2.45) is 5.92 Å². The third kappa shape index (κ3) is 4.15. The second-order valence-corrected chi connectivity index (χ2v) is 7.46. The number of aromatic amines is 1. The lowest BCUT2D eigenvalue weighted by Crippen LogP contribution is -2.41. The summed E-state index contributed by atoms with van der Waals surface area (Å²) >= 11 is 0.539. The molecule has 0 saturated heterocycles. The van der Waals surface area contributed by atoms with E-state index in [1.54, 1.807) is 13.8 Å². The van der Waals surface area contributed by atoms with Crippen LogP contribution < -0.4 is 9.60 Å². The highest BCUT2D eigenvalue weighted by molar-refractivity contribution is 7.91. The number of aliphatic carboxylic acids is 1. The summed E-state index contributed by atoms with van der Waals surface area (Å²) in [5, 5.41) is 9.01. The quantitative estimate of drug-likeness (QED) is 0.708. The van der Waals surface area contributed by atoms with Crippen molar-refractivity contribution >= 4 is 27.3 Å². The first-order valence-electron chi connectivity index (χ1n) is 5.58. The zero-order valence-electron chi connectivity index (χ0n) is 10.8. The molecular weight excluding hydrogens is 292 g/mol.